The molecule has 0 aliphatic heterocycles. The lowest BCUT2D eigenvalue weighted by Gasteiger charge is -2.17. The van der Waals surface area contributed by atoms with Crippen LogP contribution >= 0.6 is 0 Å². The third-order valence-corrected chi connectivity index (χ3v) is 3.34. The van der Waals surface area contributed by atoms with Gasteiger partial charge in [0.05, 0.1) is 6.42 Å². The summed E-state index contributed by atoms with van der Waals surface area (Å²) in [5, 5.41) is 0. The molecule has 0 atom stereocenters. The smallest absolute Gasteiger partial charge is 0.406 e. The fourth-order valence-electron chi connectivity index (χ4n) is 2.12. The maximum absolute atomic E-state index is 13.2. The van der Waals surface area contributed by atoms with Crippen molar-refractivity contribution >= 4 is 5.91 Å². The van der Waals surface area contributed by atoms with E-state index in [1.165, 1.54) is 30.1 Å². The number of amides is 1. The average molecular weight is 359 g/mol. The standard InChI is InChI=1S/C17H14F5NO2/c1-23(10-12-4-7-14(18)15(19)8-12)16(24)9-11-2-5-13(6-3-11)25-17(20,21)22/h2-8H,9-10H2,1H3. The van der Waals surface area contributed by atoms with Gasteiger partial charge in [-0.2, -0.15) is 0 Å². The van der Waals surface area contributed by atoms with Gasteiger partial charge in [0.15, 0.2) is 11.6 Å². The van der Waals surface area contributed by atoms with E-state index < -0.39 is 18.0 Å². The Bertz CT molecular complexity index is 744. The number of rotatable bonds is 5. The molecule has 0 bridgehead atoms. The van der Waals surface area contributed by atoms with E-state index in [2.05, 4.69) is 4.74 Å². The second-order valence-corrected chi connectivity index (χ2v) is 5.37. The van der Waals surface area contributed by atoms with Gasteiger partial charge in [-0.1, -0.05) is 18.2 Å². The highest BCUT2D eigenvalue weighted by Gasteiger charge is 2.30. The molecule has 8 heteroatoms. The monoisotopic (exact) mass is 359 g/mol. The van der Waals surface area contributed by atoms with E-state index in [0.29, 0.717) is 11.1 Å². The molecule has 0 aliphatic rings. The Morgan fingerprint density at radius 2 is 1.60 bits per heavy atom. The number of alkyl halides is 3. The molecule has 1 amide bonds. The SMILES string of the molecule is CN(Cc1ccc(F)c(F)c1)C(=O)Cc1ccc(OC(F)(F)F)cc1. The predicted molar refractivity (Wildman–Crippen MR) is 79.7 cm³/mol. The molecule has 2 rings (SSSR count). The van der Waals surface area contributed by atoms with Crippen LogP contribution in [0.4, 0.5) is 22.0 Å². The summed E-state index contributed by atoms with van der Waals surface area (Å²) in [6, 6.07) is 8.28. The number of hydrogen-bond acceptors (Lipinski definition) is 2. The molecule has 0 unspecified atom stereocenters. The summed E-state index contributed by atoms with van der Waals surface area (Å²) in [4.78, 5) is 13.4. The third-order valence-electron chi connectivity index (χ3n) is 3.34. The largest absolute Gasteiger partial charge is 0.573 e. The molecule has 0 spiro atoms. The number of hydrogen-bond donors (Lipinski definition) is 0. The number of benzene rings is 2. The van der Waals surface area contributed by atoms with Crippen molar-refractivity contribution < 1.29 is 31.5 Å². The van der Waals surface area contributed by atoms with Gasteiger partial charge < -0.3 is 9.64 Å². The Labute approximate surface area is 140 Å². The van der Waals surface area contributed by atoms with Gasteiger partial charge in [-0.15, -0.1) is 13.2 Å². The second-order valence-electron chi connectivity index (χ2n) is 5.37. The zero-order valence-electron chi connectivity index (χ0n) is 13.1. The molecule has 25 heavy (non-hydrogen) atoms. The lowest BCUT2D eigenvalue weighted by molar-refractivity contribution is -0.274. The minimum atomic E-state index is -4.78. The van der Waals surface area contributed by atoms with Gasteiger partial charge in [0.25, 0.3) is 0 Å². The first-order chi connectivity index (χ1) is 11.6. The van der Waals surface area contributed by atoms with Gasteiger partial charge in [-0.25, -0.2) is 8.78 Å². The summed E-state index contributed by atoms with van der Waals surface area (Å²) in [5.74, 6) is -2.68. The summed E-state index contributed by atoms with van der Waals surface area (Å²) in [6.07, 6.45) is -4.82. The van der Waals surface area contributed by atoms with Crippen LogP contribution in [0.15, 0.2) is 42.5 Å². The van der Waals surface area contributed by atoms with Crippen molar-refractivity contribution in [2.24, 2.45) is 0 Å². The molecule has 2 aromatic carbocycles. The maximum Gasteiger partial charge on any atom is 0.573 e. The molecule has 0 N–H and O–H groups in total. The Morgan fingerprint density at radius 1 is 1.00 bits per heavy atom. The van der Waals surface area contributed by atoms with Crippen LogP contribution in [-0.4, -0.2) is 24.2 Å². The highest BCUT2D eigenvalue weighted by molar-refractivity contribution is 5.78. The molecule has 0 radical (unpaired) electrons. The molecule has 0 aromatic heterocycles. The van der Waals surface area contributed by atoms with Crippen molar-refractivity contribution in [3.8, 4) is 5.75 Å². The van der Waals surface area contributed by atoms with E-state index in [-0.39, 0.29) is 24.6 Å². The zero-order valence-corrected chi connectivity index (χ0v) is 13.1. The van der Waals surface area contributed by atoms with Crippen LogP contribution in [0.2, 0.25) is 0 Å². The van der Waals surface area contributed by atoms with E-state index in [9.17, 15) is 26.7 Å². The number of ether oxygens (including phenoxy) is 1. The lowest BCUT2D eigenvalue weighted by Crippen LogP contribution is -2.27. The Morgan fingerprint density at radius 3 is 2.16 bits per heavy atom. The zero-order chi connectivity index (χ0) is 18.6. The fourth-order valence-corrected chi connectivity index (χ4v) is 2.12. The highest BCUT2D eigenvalue weighted by atomic mass is 19.4. The van der Waals surface area contributed by atoms with E-state index in [0.717, 1.165) is 24.3 Å². The lowest BCUT2D eigenvalue weighted by atomic mass is 10.1. The first kappa shape index (κ1) is 18.7. The van der Waals surface area contributed by atoms with E-state index in [1.54, 1.807) is 0 Å². The van der Waals surface area contributed by atoms with E-state index in [1.807, 2.05) is 0 Å². The third kappa shape index (κ3) is 5.74. The Hall–Kier alpha value is -2.64. The maximum atomic E-state index is 13.2. The van der Waals surface area contributed by atoms with Crippen LogP contribution in [0.1, 0.15) is 11.1 Å². The first-order valence-electron chi connectivity index (χ1n) is 7.16. The highest BCUT2D eigenvalue weighted by Crippen LogP contribution is 2.23. The number of halogens is 5. The van der Waals surface area contributed by atoms with Gasteiger partial charge in [-0.3, -0.25) is 4.79 Å². The van der Waals surface area contributed by atoms with Gasteiger partial charge in [0.2, 0.25) is 5.91 Å². The quantitative estimate of drug-likeness (QED) is 0.754. The molecule has 0 heterocycles. The van der Waals surface area contributed by atoms with Crippen LogP contribution in [0.3, 0.4) is 0 Å². The predicted octanol–water partition coefficient (Wildman–Crippen LogP) is 4.06. The molecule has 3 nitrogen and oxygen atoms in total. The minimum absolute atomic E-state index is 0.0491. The van der Waals surface area contributed by atoms with E-state index >= 15 is 0 Å². The van der Waals surface area contributed by atoms with Crippen LogP contribution < -0.4 is 4.74 Å². The summed E-state index contributed by atoms with van der Waals surface area (Å²) in [6.45, 7) is 0.0747. The van der Waals surface area contributed by atoms with Crippen molar-refractivity contribution in [2.75, 3.05) is 7.05 Å². The molecule has 0 aliphatic carbocycles. The molecule has 0 saturated heterocycles. The van der Waals surface area contributed by atoms with Crippen LogP contribution in [0.25, 0.3) is 0 Å². The van der Waals surface area contributed by atoms with Gasteiger partial charge >= 0.3 is 6.36 Å². The first-order valence-corrected chi connectivity index (χ1v) is 7.16. The summed E-state index contributed by atoms with van der Waals surface area (Å²) < 4.78 is 66.0. The molecule has 0 saturated carbocycles. The topological polar surface area (TPSA) is 29.5 Å². The molecule has 2 aromatic rings. The number of carbonyl (C=O) groups is 1. The molecular formula is C17H14F5NO2. The summed E-state index contributed by atoms with van der Waals surface area (Å²) in [5.41, 5.74) is 0.917. The summed E-state index contributed by atoms with van der Waals surface area (Å²) in [7, 11) is 1.49. The van der Waals surface area contributed by atoms with E-state index in [4.69, 9.17) is 0 Å². The molecule has 134 valence electrons. The number of carbonyl (C=O) groups excluding carboxylic acids is 1. The van der Waals surface area contributed by atoms with Gasteiger partial charge in [-0.05, 0) is 35.4 Å². The van der Waals surface area contributed by atoms with Crippen LogP contribution in [-0.2, 0) is 17.8 Å². The minimum Gasteiger partial charge on any atom is -0.406 e. The van der Waals surface area contributed by atoms with Crippen LogP contribution in [0.5, 0.6) is 5.75 Å². The molecular weight excluding hydrogens is 345 g/mol. The fraction of sp³-hybridized carbons (Fsp3) is 0.235. The Kier molecular flexibility index (Phi) is 5.61. The van der Waals surface area contributed by atoms with Gasteiger partial charge in [0.1, 0.15) is 5.75 Å². The van der Waals surface area contributed by atoms with Crippen molar-refractivity contribution in [1.82, 2.24) is 4.90 Å². The van der Waals surface area contributed by atoms with Gasteiger partial charge in [0, 0.05) is 13.6 Å². The Balaban J connectivity index is 1.95. The summed E-state index contributed by atoms with van der Waals surface area (Å²) >= 11 is 0. The van der Waals surface area contributed by atoms with Crippen LogP contribution in [0, 0.1) is 11.6 Å². The van der Waals surface area contributed by atoms with Crippen molar-refractivity contribution in [3.63, 3.8) is 0 Å². The number of likely N-dealkylation sites (N-methyl/N-ethyl adjacent to an activating group) is 1. The van der Waals surface area contributed by atoms with Crippen molar-refractivity contribution in [2.45, 2.75) is 19.3 Å². The van der Waals surface area contributed by atoms with Crippen molar-refractivity contribution in [1.29, 1.82) is 0 Å². The average Bonchev–Trinajstić information content (AvgIpc) is 2.51. The second kappa shape index (κ2) is 7.50. The molecule has 0 fully saturated rings. The normalized spacial score (nSPS) is 11.3. The van der Waals surface area contributed by atoms with Crippen molar-refractivity contribution in [3.05, 3.63) is 65.2 Å². The number of nitrogens with zero attached hydrogens (tertiary/aromatic N) is 1.